The van der Waals surface area contributed by atoms with Crippen molar-refractivity contribution in [2.24, 2.45) is 0 Å². The van der Waals surface area contributed by atoms with Gasteiger partial charge in [-0.15, -0.1) is 23.2 Å². The molecule has 0 aromatic heterocycles. The van der Waals surface area contributed by atoms with Crippen LogP contribution in [0.15, 0.2) is 0 Å². The molecular formula is C17H30Cl2O4. The summed E-state index contributed by atoms with van der Waals surface area (Å²) in [5.74, 6) is -0.331. The molecule has 23 heavy (non-hydrogen) atoms. The van der Waals surface area contributed by atoms with E-state index in [4.69, 9.17) is 32.7 Å². The van der Waals surface area contributed by atoms with Gasteiger partial charge >= 0.3 is 11.9 Å². The average Bonchev–Trinajstić information content (AvgIpc) is 2.52. The Morgan fingerprint density at radius 2 is 1.30 bits per heavy atom. The molecule has 0 heterocycles. The van der Waals surface area contributed by atoms with Gasteiger partial charge in [0.2, 0.25) is 0 Å². The largest absolute Gasteiger partial charge is 0.466 e. The zero-order chi connectivity index (χ0) is 17.3. The third kappa shape index (κ3) is 17.7. The van der Waals surface area contributed by atoms with Gasteiger partial charge in [0.25, 0.3) is 0 Å². The van der Waals surface area contributed by atoms with E-state index >= 15 is 0 Å². The summed E-state index contributed by atoms with van der Waals surface area (Å²) in [6.07, 6.45) is 9.96. The van der Waals surface area contributed by atoms with E-state index in [1.807, 2.05) is 0 Å². The summed E-state index contributed by atoms with van der Waals surface area (Å²) in [5.41, 5.74) is 0. The number of esters is 2. The Morgan fingerprint density at radius 1 is 0.783 bits per heavy atom. The Kier molecular flexibility index (Phi) is 16.0. The normalized spacial score (nSPS) is 10.8. The highest BCUT2D eigenvalue weighted by Crippen LogP contribution is 2.10. The molecule has 0 atom stereocenters. The van der Waals surface area contributed by atoms with E-state index < -0.39 is 4.84 Å². The maximum absolute atomic E-state index is 11.4. The predicted octanol–water partition coefficient (Wildman–Crippen LogP) is 5.19. The smallest absolute Gasteiger partial charge is 0.305 e. The lowest BCUT2D eigenvalue weighted by Crippen LogP contribution is -2.09. The molecule has 0 rings (SSSR count). The Hall–Kier alpha value is -0.480. The van der Waals surface area contributed by atoms with Gasteiger partial charge in [0.05, 0.1) is 6.61 Å². The lowest BCUT2D eigenvalue weighted by atomic mass is 10.1. The fourth-order valence-corrected chi connectivity index (χ4v) is 2.21. The van der Waals surface area contributed by atoms with Gasteiger partial charge in [-0.25, -0.2) is 0 Å². The van der Waals surface area contributed by atoms with Crippen LogP contribution >= 0.6 is 23.2 Å². The van der Waals surface area contributed by atoms with Gasteiger partial charge in [-0.05, 0) is 19.3 Å². The van der Waals surface area contributed by atoms with Crippen molar-refractivity contribution in [3.05, 3.63) is 0 Å². The minimum absolute atomic E-state index is 0.0521. The van der Waals surface area contributed by atoms with Gasteiger partial charge in [0, 0.05) is 12.8 Å². The monoisotopic (exact) mass is 368 g/mol. The van der Waals surface area contributed by atoms with Gasteiger partial charge in [-0.1, -0.05) is 45.4 Å². The van der Waals surface area contributed by atoms with E-state index in [1.54, 1.807) is 0 Å². The summed E-state index contributed by atoms with van der Waals surface area (Å²) in [4.78, 5) is 22.1. The number of carbonyl (C=O) groups excluding carboxylic acids is 2. The highest BCUT2D eigenvalue weighted by molar-refractivity contribution is 6.44. The summed E-state index contributed by atoms with van der Waals surface area (Å²) in [5, 5.41) is 0. The van der Waals surface area contributed by atoms with Crippen molar-refractivity contribution in [2.75, 3.05) is 13.2 Å². The molecule has 0 saturated heterocycles. The third-order valence-electron chi connectivity index (χ3n) is 3.39. The maximum Gasteiger partial charge on any atom is 0.305 e. The number of alkyl halides is 2. The highest BCUT2D eigenvalue weighted by Gasteiger charge is 2.06. The molecule has 0 amide bonds. The van der Waals surface area contributed by atoms with Crippen molar-refractivity contribution in [1.82, 2.24) is 0 Å². The molecule has 0 unspecified atom stereocenters. The van der Waals surface area contributed by atoms with Crippen LogP contribution in [0.5, 0.6) is 0 Å². The first-order valence-electron chi connectivity index (χ1n) is 8.65. The number of hydrogen-bond donors (Lipinski definition) is 0. The van der Waals surface area contributed by atoms with Gasteiger partial charge in [-0.3, -0.25) is 9.59 Å². The summed E-state index contributed by atoms with van der Waals surface area (Å²) in [6.45, 7) is 2.73. The topological polar surface area (TPSA) is 52.6 Å². The minimum atomic E-state index is -0.655. The second-order valence-corrected chi connectivity index (χ2v) is 6.90. The molecule has 0 aromatic rings. The molecule has 0 spiro atoms. The molecule has 0 aromatic carbocycles. The van der Waals surface area contributed by atoms with Crippen molar-refractivity contribution < 1.29 is 19.1 Å². The fourth-order valence-electron chi connectivity index (χ4n) is 2.08. The van der Waals surface area contributed by atoms with Crippen molar-refractivity contribution in [1.29, 1.82) is 0 Å². The van der Waals surface area contributed by atoms with Crippen LogP contribution in [-0.4, -0.2) is 30.0 Å². The minimum Gasteiger partial charge on any atom is -0.466 e. The quantitative estimate of drug-likeness (QED) is 0.227. The predicted molar refractivity (Wildman–Crippen MR) is 93.9 cm³/mol. The number of halogens is 2. The molecule has 0 aliphatic heterocycles. The Labute approximate surface area is 150 Å². The van der Waals surface area contributed by atoms with Crippen LogP contribution < -0.4 is 0 Å². The lowest BCUT2D eigenvalue weighted by molar-refractivity contribution is -0.144. The van der Waals surface area contributed by atoms with Gasteiger partial charge in [0.1, 0.15) is 11.4 Å². The molecular weight excluding hydrogens is 339 g/mol. The zero-order valence-electron chi connectivity index (χ0n) is 14.2. The second-order valence-electron chi connectivity index (χ2n) is 5.62. The number of unbranched alkanes of at least 4 members (excludes halogenated alkanes) is 7. The lowest BCUT2D eigenvalue weighted by Gasteiger charge is -2.05. The van der Waals surface area contributed by atoms with Crippen molar-refractivity contribution in [3.8, 4) is 0 Å². The first kappa shape index (κ1) is 22.5. The van der Waals surface area contributed by atoms with Crippen LogP contribution in [0.2, 0.25) is 0 Å². The van der Waals surface area contributed by atoms with Crippen molar-refractivity contribution >= 4 is 35.1 Å². The van der Waals surface area contributed by atoms with E-state index in [0.29, 0.717) is 19.4 Å². The van der Waals surface area contributed by atoms with Gasteiger partial charge in [0.15, 0.2) is 0 Å². The molecule has 6 heteroatoms. The van der Waals surface area contributed by atoms with Gasteiger partial charge in [-0.2, -0.15) is 0 Å². The van der Waals surface area contributed by atoms with E-state index in [9.17, 15) is 9.59 Å². The summed E-state index contributed by atoms with van der Waals surface area (Å²) in [6, 6.07) is 0. The SMILES string of the molecule is CCCCCOC(=O)CCCCCCCCC(=O)OCC(Cl)Cl. The van der Waals surface area contributed by atoms with Crippen molar-refractivity contribution in [3.63, 3.8) is 0 Å². The van der Waals surface area contributed by atoms with E-state index in [-0.39, 0.29) is 18.5 Å². The second kappa shape index (κ2) is 16.4. The summed E-state index contributed by atoms with van der Waals surface area (Å²) in [7, 11) is 0. The van der Waals surface area contributed by atoms with Crippen LogP contribution in [-0.2, 0) is 19.1 Å². The third-order valence-corrected chi connectivity index (χ3v) is 3.65. The average molecular weight is 369 g/mol. The van der Waals surface area contributed by atoms with E-state index in [1.165, 1.54) is 0 Å². The Morgan fingerprint density at radius 3 is 1.83 bits per heavy atom. The molecule has 0 aliphatic rings. The van der Waals surface area contributed by atoms with Crippen LogP contribution in [0.25, 0.3) is 0 Å². The number of rotatable bonds is 15. The molecule has 0 saturated carbocycles. The van der Waals surface area contributed by atoms with Crippen LogP contribution in [0.4, 0.5) is 0 Å². The molecule has 0 fully saturated rings. The molecule has 0 aliphatic carbocycles. The maximum atomic E-state index is 11.4. The molecule has 0 bridgehead atoms. The number of carbonyl (C=O) groups is 2. The van der Waals surface area contributed by atoms with E-state index in [0.717, 1.165) is 57.8 Å². The van der Waals surface area contributed by atoms with Crippen LogP contribution in [0.3, 0.4) is 0 Å². The Balaban J connectivity index is 3.26. The molecule has 0 N–H and O–H groups in total. The molecule has 0 radical (unpaired) electrons. The summed E-state index contributed by atoms with van der Waals surface area (Å²) >= 11 is 10.9. The summed E-state index contributed by atoms with van der Waals surface area (Å²) < 4.78 is 10.0. The number of hydrogen-bond acceptors (Lipinski definition) is 4. The standard InChI is InChI=1S/C17H30Cl2O4/c1-2-3-10-13-22-16(20)11-8-6-4-5-7-9-12-17(21)23-14-15(18)19/h15H,2-14H2,1H3. The first-order valence-corrected chi connectivity index (χ1v) is 9.53. The van der Waals surface area contributed by atoms with Crippen LogP contribution in [0.1, 0.15) is 77.6 Å². The highest BCUT2D eigenvalue weighted by atomic mass is 35.5. The van der Waals surface area contributed by atoms with Crippen molar-refractivity contribution in [2.45, 2.75) is 82.4 Å². The zero-order valence-corrected chi connectivity index (χ0v) is 15.7. The number of ether oxygens (including phenoxy) is 2. The first-order chi connectivity index (χ1) is 11.1. The van der Waals surface area contributed by atoms with Crippen LogP contribution in [0, 0.1) is 0 Å². The fraction of sp³-hybridized carbons (Fsp3) is 0.882. The Bertz CT molecular complexity index is 309. The van der Waals surface area contributed by atoms with E-state index in [2.05, 4.69) is 6.92 Å². The molecule has 4 nitrogen and oxygen atoms in total. The van der Waals surface area contributed by atoms with Gasteiger partial charge < -0.3 is 9.47 Å². The molecule has 136 valence electrons.